The third kappa shape index (κ3) is 5.98. The van der Waals surface area contributed by atoms with E-state index in [-0.39, 0.29) is 5.56 Å². The van der Waals surface area contributed by atoms with E-state index in [0.717, 1.165) is 66.2 Å². The maximum atomic E-state index is 13.0. The molecule has 3 aromatic heterocycles. The molecule has 8 nitrogen and oxygen atoms in total. The average Bonchev–Trinajstić information content (AvgIpc) is 3.43. The van der Waals surface area contributed by atoms with E-state index in [1.54, 1.807) is 18.3 Å². The number of nitrogens with zero attached hydrogens (tertiary/aromatic N) is 5. The van der Waals surface area contributed by atoms with E-state index in [2.05, 4.69) is 30.5 Å². The summed E-state index contributed by atoms with van der Waals surface area (Å²) in [4.78, 5) is 32.2. The van der Waals surface area contributed by atoms with Gasteiger partial charge in [0.2, 0.25) is 5.95 Å². The second kappa shape index (κ2) is 10.9. The molecule has 0 unspecified atom stereocenters. The van der Waals surface area contributed by atoms with Gasteiger partial charge < -0.3 is 15.5 Å². The van der Waals surface area contributed by atoms with Crippen molar-refractivity contribution in [3.8, 4) is 11.1 Å². The molecule has 11 heteroatoms. The number of aromatic nitrogens is 4. The summed E-state index contributed by atoms with van der Waals surface area (Å²) in [5.41, 5.74) is 2.99. The lowest BCUT2D eigenvalue weighted by Gasteiger charge is -2.16. The fourth-order valence-electron chi connectivity index (χ4n) is 4.73. The Morgan fingerprint density at radius 3 is 2.59 bits per heavy atom. The van der Waals surface area contributed by atoms with Gasteiger partial charge in [-0.25, -0.2) is 9.97 Å². The fraction of sp³-hybridized carbons (Fsp3) is 0.321. The Morgan fingerprint density at radius 1 is 1.03 bits per heavy atom. The van der Waals surface area contributed by atoms with Gasteiger partial charge in [-0.1, -0.05) is 12.1 Å². The van der Waals surface area contributed by atoms with Crippen molar-refractivity contribution in [1.29, 1.82) is 0 Å². The van der Waals surface area contributed by atoms with Gasteiger partial charge in [0.05, 0.1) is 0 Å². The van der Waals surface area contributed by atoms with Gasteiger partial charge in [0, 0.05) is 53.4 Å². The van der Waals surface area contributed by atoms with E-state index < -0.39 is 17.8 Å². The zero-order valence-corrected chi connectivity index (χ0v) is 21.6. The predicted octanol–water partition coefficient (Wildman–Crippen LogP) is 5.48. The molecule has 0 bridgehead atoms. The van der Waals surface area contributed by atoms with Crippen molar-refractivity contribution in [2.45, 2.75) is 32.9 Å². The molecule has 1 fully saturated rings. The second-order valence-corrected chi connectivity index (χ2v) is 9.56. The SMILES string of the molecule is Cc1nc2nc(NCCN3CCCC3)ncc2cc1-c1cccc(NC(=O)c2ccnc(C(F)(F)F)c2)c1C. The summed E-state index contributed by atoms with van der Waals surface area (Å²) < 4.78 is 39.1. The Morgan fingerprint density at radius 2 is 1.82 bits per heavy atom. The monoisotopic (exact) mass is 535 g/mol. The quantitative estimate of drug-likeness (QED) is 0.323. The van der Waals surface area contributed by atoms with E-state index in [0.29, 0.717) is 17.3 Å². The van der Waals surface area contributed by atoms with Gasteiger partial charge in [-0.3, -0.25) is 9.78 Å². The van der Waals surface area contributed by atoms with E-state index >= 15 is 0 Å². The summed E-state index contributed by atoms with van der Waals surface area (Å²) in [5.74, 6) is -0.123. The van der Waals surface area contributed by atoms with Crippen LogP contribution in [-0.4, -0.2) is 56.9 Å². The van der Waals surface area contributed by atoms with Gasteiger partial charge in [0.15, 0.2) is 5.65 Å². The third-order valence-corrected chi connectivity index (χ3v) is 6.85. The molecule has 1 amide bonds. The van der Waals surface area contributed by atoms with Crippen LogP contribution in [0, 0.1) is 13.8 Å². The summed E-state index contributed by atoms with van der Waals surface area (Å²) in [6, 6.07) is 9.33. The molecule has 0 atom stereocenters. The first-order valence-electron chi connectivity index (χ1n) is 12.7. The van der Waals surface area contributed by atoms with Gasteiger partial charge in [-0.15, -0.1) is 0 Å². The molecule has 39 heavy (non-hydrogen) atoms. The van der Waals surface area contributed by atoms with Crippen LogP contribution in [0.4, 0.5) is 24.8 Å². The van der Waals surface area contributed by atoms with Crippen molar-refractivity contribution < 1.29 is 18.0 Å². The number of carbonyl (C=O) groups is 1. The highest BCUT2D eigenvalue weighted by molar-refractivity contribution is 6.05. The Labute approximate surface area is 223 Å². The largest absolute Gasteiger partial charge is 0.433 e. The molecule has 0 spiro atoms. The first kappa shape index (κ1) is 26.5. The molecule has 1 aliphatic rings. The van der Waals surface area contributed by atoms with Crippen LogP contribution in [0.25, 0.3) is 22.2 Å². The van der Waals surface area contributed by atoms with Gasteiger partial charge in [0.25, 0.3) is 5.91 Å². The van der Waals surface area contributed by atoms with Gasteiger partial charge >= 0.3 is 6.18 Å². The molecule has 1 aromatic carbocycles. The maximum Gasteiger partial charge on any atom is 0.433 e. The van der Waals surface area contributed by atoms with Crippen molar-refractivity contribution in [1.82, 2.24) is 24.8 Å². The minimum atomic E-state index is -4.64. The molecule has 0 aliphatic carbocycles. The van der Waals surface area contributed by atoms with Crippen LogP contribution in [0.3, 0.4) is 0 Å². The highest BCUT2D eigenvalue weighted by Gasteiger charge is 2.33. The summed E-state index contributed by atoms with van der Waals surface area (Å²) >= 11 is 0. The van der Waals surface area contributed by atoms with Crippen molar-refractivity contribution in [2.75, 3.05) is 36.8 Å². The number of aryl methyl sites for hydroxylation is 1. The number of alkyl halides is 3. The zero-order chi connectivity index (χ0) is 27.6. The summed E-state index contributed by atoms with van der Waals surface area (Å²) in [6.07, 6.45) is 0.572. The van der Waals surface area contributed by atoms with Gasteiger partial charge in [-0.05, 0) is 75.2 Å². The number of pyridine rings is 2. The van der Waals surface area contributed by atoms with E-state index in [1.807, 2.05) is 26.0 Å². The van der Waals surface area contributed by atoms with E-state index in [4.69, 9.17) is 4.98 Å². The molecule has 2 N–H and O–H groups in total. The molecule has 0 saturated carbocycles. The topological polar surface area (TPSA) is 95.9 Å². The number of anilines is 2. The van der Waals surface area contributed by atoms with Crippen molar-refractivity contribution in [3.63, 3.8) is 0 Å². The maximum absolute atomic E-state index is 13.0. The summed E-state index contributed by atoms with van der Waals surface area (Å²) in [7, 11) is 0. The highest BCUT2D eigenvalue weighted by Crippen LogP contribution is 2.33. The minimum absolute atomic E-state index is 0.132. The van der Waals surface area contributed by atoms with Gasteiger partial charge in [0.1, 0.15) is 5.69 Å². The molecule has 4 aromatic rings. The summed E-state index contributed by atoms with van der Waals surface area (Å²) in [6.45, 7) is 7.71. The number of halogens is 3. The Hall–Kier alpha value is -4.12. The second-order valence-electron chi connectivity index (χ2n) is 9.56. The number of hydrogen-bond acceptors (Lipinski definition) is 7. The van der Waals surface area contributed by atoms with Crippen LogP contribution < -0.4 is 10.6 Å². The lowest BCUT2D eigenvalue weighted by atomic mass is 9.97. The lowest BCUT2D eigenvalue weighted by molar-refractivity contribution is -0.141. The molecular formula is C28H28F3N7O. The number of fused-ring (bicyclic) bond motifs is 1. The van der Waals surface area contributed by atoms with E-state index in [1.165, 1.54) is 18.9 Å². The van der Waals surface area contributed by atoms with Crippen LogP contribution in [0.2, 0.25) is 0 Å². The fourth-order valence-corrected chi connectivity index (χ4v) is 4.73. The molecule has 1 saturated heterocycles. The van der Waals surface area contributed by atoms with Crippen molar-refractivity contribution in [3.05, 3.63) is 71.3 Å². The van der Waals surface area contributed by atoms with Crippen LogP contribution in [-0.2, 0) is 6.18 Å². The number of hydrogen-bond donors (Lipinski definition) is 2. The molecule has 202 valence electrons. The number of benzene rings is 1. The number of likely N-dealkylation sites (tertiary alicyclic amines) is 1. The van der Waals surface area contributed by atoms with Gasteiger partial charge in [-0.2, -0.15) is 18.2 Å². The summed E-state index contributed by atoms with van der Waals surface area (Å²) in [5, 5.41) is 6.78. The van der Waals surface area contributed by atoms with Crippen molar-refractivity contribution in [2.24, 2.45) is 0 Å². The first-order valence-corrected chi connectivity index (χ1v) is 12.7. The third-order valence-electron chi connectivity index (χ3n) is 6.85. The Kier molecular flexibility index (Phi) is 7.42. The molecule has 1 aliphatic heterocycles. The van der Waals surface area contributed by atoms with Crippen LogP contribution in [0.15, 0.2) is 48.8 Å². The normalized spacial score (nSPS) is 14.1. The van der Waals surface area contributed by atoms with Crippen LogP contribution in [0.5, 0.6) is 0 Å². The molecular weight excluding hydrogens is 507 g/mol. The average molecular weight is 536 g/mol. The number of carbonyl (C=O) groups excluding carboxylic acids is 1. The van der Waals surface area contributed by atoms with Crippen LogP contribution in [0.1, 0.15) is 40.2 Å². The smallest absolute Gasteiger partial charge is 0.353 e. The minimum Gasteiger partial charge on any atom is -0.353 e. The molecule has 5 rings (SSSR count). The predicted molar refractivity (Wildman–Crippen MR) is 144 cm³/mol. The number of amides is 1. The van der Waals surface area contributed by atoms with Crippen molar-refractivity contribution >= 4 is 28.6 Å². The standard InChI is InChI=1S/C28H28F3N7O/c1-17-21(6-5-7-23(17)36-26(39)19-8-9-32-24(15-19)28(29,30)31)22-14-20-16-34-27(37-25(20)35-18(22)2)33-10-13-38-11-3-4-12-38/h5-9,14-16H,3-4,10-13H2,1-2H3,(H,36,39)(H,33,34,35,37). The Bertz CT molecular complexity index is 1520. The molecule has 0 radical (unpaired) electrons. The Balaban J connectivity index is 1.36. The van der Waals surface area contributed by atoms with E-state index in [9.17, 15) is 18.0 Å². The lowest BCUT2D eigenvalue weighted by Crippen LogP contribution is -2.26. The van der Waals surface area contributed by atoms with Crippen LogP contribution >= 0.6 is 0 Å². The molecule has 4 heterocycles. The first-order chi connectivity index (χ1) is 18.7. The number of nitrogens with one attached hydrogen (secondary N) is 2. The number of rotatable bonds is 7. The highest BCUT2D eigenvalue weighted by atomic mass is 19.4. The zero-order valence-electron chi connectivity index (χ0n) is 21.6.